The summed E-state index contributed by atoms with van der Waals surface area (Å²) >= 11 is 6.47. The highest BCUT2D eigenvalue weighted by Crippen LogP contribution is 2.55. The third-order valence-corrected chi connectivity index (χ3v) is 5.98. The van der Waals surface area contributed by atoms with Gasteiger partial charge in [0.2, 0.25) is 0 Å². The molecular weight excluding hydrogens is 372 g/mol. The first-order chi connectivity index (χ1) is 13.7. The van der Waals surface area contributed by atoms with E-state index >= 15 is 0 Å². The lowest BCUT2D eigenvalue weighted by molar-refractivity contribution is 0.299. The van der Waals surface area contributed by atoms with E-state index in [1.807, 2.05) is 19.3 Å². The van der Waals surface area contributed by atoms with E-state index in [0.717, 1.165) is 34.9 Å². The summed E-state index contributed by atoms with van der Waals surface area (Å²) in [5, 5.41) is 0.733. The maximum Gasteiger partial charge on any atom is 0.197 e. The lowest BCUT2D eigenvalue weighted by Crippen LogP contribution is -2.01. The molecule has 0 radical (unpaired) electrons. The average Bonchev–Trinajstić information content (AvgIpc) is 3.64. The normalized spacial score (nSPS) is 20.8. The summed E-state index contributed by atoms with van der Waals surface area (Å²) in [6, 6.07) is 6.09. The van der Waals surface area contributed by atoms with Crippen LogP contribution < -0.4 is 4.74 Å². The van der Waals surface area contributed by atoms with Crippen LogP contribution in [-0.2, 0) is 0 Å². The van der Waals surface area contributed by atoms with Crippen molar-refractivity contribution in [2.45, 2.75) is 38.0 Å². The molecule has 0 spiro atoms. The highest BCUT2D eigenvalue weighted by molar-refractivity contribution is 6.32. The Balaban J connectivity index is 1.32. The van der Waals surface area contributed by atoms with Crippen molar-refractivity contribution in [3.63, 3.8) is 0 Å². The Morgan fingerprint density at radius 2 is 1.64 bits per heavy atom. The van der Waals surface area contributed by atoms with Crippen LogP contribution in [0.3, 0.4) is 0 Å². The summed E-state index contributed by atoms with van der Waals surface area (Å²) in [5.74, 6) is 3.52. The Hall–Kier alpha value is -2.53. The van der Waals surface area contributed by atoms with E-state index in [4.69, 9.17) is 16.3 Å². The molecule has 2 aromatic heterocycles. The second kappa shape index (κ2) is 7.13. The lowest BCUT2D eigenvalue weighted by Gasteiger charge is -2.12. The highest BCUT2D eigenvalue weighted by atomic mass is 35.5. The quantitative estimate of drug-likeness (QED) is 0.593. The van der Waals surface area contributed by atoms with Gasteiger partial charge in [-0.15, -0.1) is 0 Å². The van der Waals surface area contributed by atoms with Gasteiger partial charge < -0.3 is 4.74 Å². The Bertz CT molecular complexity index is 989. The summed E-state index contributed by atoms with van der Waals surface area (Å²) < 4.78 is 6.00. The molecule has 5 rings (SSSR count). The van der Waals surface area contributed by atoms with Crippen LogP contribution in [0.25, 0.3) is 11.6 Å². The second-order valence-electron chi connectivity index (χ2n) is 7.77. The van der Waals surface area contributed by atoms with Gasteiger partial charge in [-0.3, -0.25) is 0 Å². The number of aromatic nitrogens is 4. The van der Waals surface area contributed by atoms with Gasteiger partial charge in [0.1, 0.15) is 5.75 Å². The largest absolute Gasteiger partial charge is 0.492 e. The molecule has 2 fully saturated rings. The first kappa shape index (κ1) is 17.6. The number of rotatable bonds is 6. The first-order valence-electron chi connectivity index (χ1n) is 9.71. The molecule has 2 atom stereocenters. The molecule has 2 aliphatic carbocycles. The van der Waals surface area contributed by atoms with Gasteiger partial charge in [0, 0.05) is 24.8 Å². The van der Waals surface area contributed by atoms with Crippen molar-refractivity contribution in [2.75, 3.05) is 6.61 Å². The monoisotopic (exact) mass is 392 g/mol. The van der Waals surface area contributed by atoms with Crippen molar-refractivity contribution >= 4 is 11.6 Å². The number of benzene rings is 1. The van der Waals surface area contributed by atoms with Crippen LogP contribution in [0.15, 0.2) is 43.0 Å². The molecule has 2 unspecified atom stereocenters. The smallest absolute Gasteiger partial charge is 0.197 e. The maximum absolute atomic E-state index is 6.47. The van der Waals surface area contributed by atoms with Gasteiger partial charge in [-0.2, -0.15) is 0 Å². The van der Waals surface area contributed by atoms with E-state index in [1.54, 1.807) is 18.5 Å². The minimum absolute atomic E-state index is 0.433. The molecule has 28 heavy (non-hydrogen) atoms. The molecule has 0 bridgehead atoms. The first-order valence-corrected chi connectivity index (χ1v) is 10.1. The molecule has 0 aliphatic heterocycles. The van der Waals surface area contributed by atoms with Crippen molar-refractivity contribution < 1.29 is 4.74 Å². The van der Waals surface area contributed by atoms with Crippen LogP contribution in [0.1, 0.15) is 47.8 Å². The topological polar surface area (TPSA) is 60.8 Å². The second-order valence-corrected chi connectivity index (χ2v) is 8.14. The van der Waals surface area contributed by atoms with Crippen LogP contribution in [0.5, 0.6) is 5.75 Å². The molecule has 0 N–H and O–H groups in total. The van der Waals surface area contributed by atoms with Gasteiger partial charge in [0.15, 0.2) is 11.6 Å². The summed E-state index contributed by atoms with van der Waals surface area (Å²) in [4.78, 5) is 17.3. The number of ether oxygens (including phenoxy) is 1. The van der Waals surface area contributed by atoms with Crippen molar-refractivity contribution in [2.24, 2.45) is 5.92 Å². The molecule has 2 aliphatic rings. The molecule has 6 heteroatoms. The standard InChI is InChI=1S/C22H21ClN4O/c1-13-7-15(8-19(20(13)23)28-12-14-3-4-14)17-9-18(17)16-10-26-22(27-11-16)21-24-5-2-6-25-21/h2,5-8,10-11,14,17-18H,3-4,9,12H2,1H3. The molecule has 0 amide bonds. The molecule has 2 saturated carbocycles. The van der Waals surface area contributed by atoms with Gasteiger partial charge in [0.25, 0.3) is 0 Å². The highest BCUT2D eigenvalue weighted by Gasteiger charge is 2.40. The van der Waals surface area contributed by atoms with E-state index in [2.05, 4.69) is 32.1 Å². The Morgan fingerprint density at radius 1 is 0.964 bits per heavy atom. The fraction of sp³-hybridized carbons (Fsp3) is 0.364. The van der Waals surface area contributed by atoms with Crippen molar-refractivity contribution in [3.05, 3.63) is 64.7 Å². The average molecular weight is 393 g/mol. The lowest BCUT2D eigenvalue weighted by atomic mass is 10.0. The van der Waals surface area contributed by atoms with E-state index < -0.39 is 0 Å². The van der Waals surface area contributed by atoms with Gasteiger partial charge in [0.05, 0.1) is 11.6 Å². The summed E-state index contributed by atoms with van der Waals surface area (Å²) in [7, 11) is 0. The van der Waals surface area contributed by atoms with Gasteiger partial charge >= 0.3 is 0 Å². The van der Waals surface area contributed by atoms with Gasteiger partial charge in [-0.05, 0) is 72.8 Å². The van der Waals surface area contributed by atoms with Crippen LogP contribution in [0, 0.1) is 12.8 Å². The fourth-order valence-electron chi connectivity index (χ4n) is 3.57. The van der Waals surface area contributed by atoms with Gasteiger partial charge in [-0.25, -0.2) is 19.9 Å². The predicted octanol–water partition coefficient (Wildman–Crippen LogP) is 4.96. The van der Waals surface area contributed by atoms with E-state index in [-0.39, 0.29) is 0 Å². The molecule has 1 aromatic carbocycles. The number of halogens is 1. The van der Waals surface area contributed by atoms with Crippen molar-refractivity contribution in [3.8, 4) is 17.4 Å². The van der Waals surface area contributed by atoms with Crippen molar-refractivity contribution in [1.29, 1.82) is 0 Å². The van der Waals surface area contributed by atoms with Crippen molar-refractivity contribution in [1.82, 2.24) is 19.9 Å². The SMILES string of the molecule is Cc1cc(C2CC2c2cnc(-c3ncccn3)nc2)cc(OCC2CC2)c1Cl. The molecule has 142 valence electrons. The fourth-order valence-corrected chi connectivity index (χ4v) is 3.73. The molecule has 5 nitrogen and oxygen atoms in total. The number of aryl methyl sites for hydroxylation is 1. The molecular formula is C22H21ClN4O. The third kappa shape index (κ3) is 3.59. The van der Waals surface area contributed by atoms with E-state index in [1.165, 1.54) is 18.4 Å². The Labute approximate surface area is 169 Å². The predicted molar refractivity (Wildman–Crippen MR) is 108 cm³/mol. The number of hydrogen-bond acceptors (Lipinski definition) is 5. The minimum Gasteiger partial charge on any atom is -0.492 e. The Morgan fingerprint density at radius 3 is 2.36 bits per heavy atom. The zero-order valence-electron chi connectivity index (χ0n) is 15.7. The summed E-state index contributed by atoms with van der Waals surface area (Å²) in [6.45, 7) is 2.82. The third-order valence-electron chi connectivity index (χ3n) is 5.50. The number of hydrogen-bond donors (Lipinski definition) is 0. The van der Waals surface area contributed by atoms with E-state index in [0.29, 0.717) is 29.4 Å². The Kier molecular flexibility index (Phi) is 4.47. The zero-order valence-corrected chi connectivity index (χ0v) is 16.4. The van der Waals surface area contributed by atoms with Crippen LogP contribution in [0.4, 0.5) is 0 Å². The maximum atomic E-state index is 6.47. The van der Waals surface area contributed by atoms with Crippen LogP contribution in [-0.4, -0.2) is 26.5 Å². The van der Waals surface area contributed by atoms with E-state index in [9.17, 15) is 0 Å². The summed E-state index contributed by atoms with van der Waals surface area (Å²) in [6.07, 6.45) is 10.8. The summed E-state index contributed by atoms with van der Waals surface area (Å²) in [5.41, 5.74) is 3.51. The van der Waals surface area contributed by atoms with Crippen LogP contribution in [0.2, 0.25) is 5.02 Å². The minimum atomic E-state index is 0.433. The van der Waals surface area contributed by atoms with Gasteiger partial charge in [-0.1, -0.05) is 17.7 Å². The zero-order chi connectivity index (χ0) is 19.1. The molecule has 2 heterocycles. The van der Waals surface area contributed by atoms with Crippen LogP contribution >= 0.6 is 11.6 Å². The molecule has 3 aromatic rings. The molecule has 0 saturated heterocycles. The number of nitrogens with zero attached hydrogens (tertiary/aromatic N) is 4.